The zero-order valence-electron chi connectivity index (χ0n) is 17.2. The van der Waals surface area contributed by atoms with Crippen LogP contribution in [0.3, 0.4) is 0 Å². The van der Waals surface area contributed by atoms with Crippen molar-refractivity contribution in [3.8, 4) is 0 Å². The Morgan fingerprint density at radius 3 is 2.12 bits per heavy atom. The third-order valence-corrected chi connectivity index (χ3v) is 4.69. The lowest BCUT2D eigenvalue weighted by atomic mass is 9.97. The molecule has 0 N–H and O–H groups in total. The Hall–Kier alpha value is -4.47. The smallest absolute Gasteiger partial charge is 0.357 e. The number of aromatic nitrogens is 1. The lowest BCUT2D eigenvalue weighted by Crippen LogP contribution is -2.23. The third kappa shape index (κ3) is 3.93. The van der Waals surface area contributed by atoms with Crippen molar-refractivity contribution in [1.82, 2.24) is 4.98 Å². The molecule has 3 rings (SSSR count). The highest BCUT2D eigenvalue weighted by atomic mass is 16.6. The molecule has 0 saturated heterocycles. The Morgan fingerprint density at radius 1 is 0.938 bits per heavy atom. The first kappa shape index (κ1) is 22.2. The lowest BCUT2D eigenvalue weighted by molar-refractivity contribution is -0.384. The number of rotatable bonds is 5. The van der Waals surface area contributed by atoms with E-state index in [-0.39, 0.29) is 16.5 Å². The summed E-state index contributed by atoms with van der Waals surface area (Å²) in [7, 11) is 2.04. The molecule has 10 heteroatoms. The molecule has 0 spiro atoms. The van der Waals surface area contributed by atoms with E-state index in [9.17, 15) is 29.3 Å². The highest BCUT2D eigenvalue weighted by Crippen LogP contribution is 2.22. The average Bonchev–Trinajstić information content (AvgIpc) is 2.92. The highest BCUT2D eigenvalue weighted by Gasteiger charge is 2.31. The molecule has 0 bridgehead atoms. The highest BCUT2D eigenvalue weighted by molar-refractivity contribution is 6.18. The molecule has 1 aromatic heterocycles. The van der Waals surface area contributed by atoms with Gasteiger partial charge in [0.2, 0.25) is 0 Å². The Labute approximate surface area is 180 Å². The zero-order valence-corrected chi connectivity index (χ0v) is 17.2. The standard InChI is InChI=1S/C22H16N2O8/c1-11-4-6-12(7-5-11)19(25)17-16(21(27)31-2)18(22(28)32-3)23-15-9-8-13(24(29)30)10-14(15)20(17)26/h4-10H,1-3H3. The van der Waals surface area contributed by atoms with E-state index in [0.717, 1.165) is 38.0 Å². The van der Waals surface area contributed by atoms with Gasteiger partial charge in [-0.1, -0.05) is 29.8 Å². The Balaban J connectivity index is 2.56. The van der Waals surface area contributed by atoms with Crippen molar-refractivity contribution in [2.24, 2.45) is 0 Å². The van der Waals surface area contributed by atoms with Crippen LogP contribution in [0.4, 0.5) is 5.69 Å². The van der Waals surface area contributed by atoms with E-state index < -0.39 is 50.6 Å². The first-order chi connectivity index (χ1) is 15.2. The second-order valence-electron chi connectivity index (χ2n) is 6.68. The van der Waals surface area contributed by atoms with Crippen LogP contribution in [0.1, 0.15) is 42.3 Å². The second-order valence-corrected chi connectivity index (χ2v) is 6.68. The van der Waals surface area contributed by atoms with Gasteiger partial charge in [0.1, 0.15) is 5.56 Å². The van der Waals surface area contributed by atoms with Gasteiger partial charge in [-0.2, -0.15) is 0 Å². The fraction of sp³-hybridized carbons (Fsp3) is 0.136. The monoisotopic (exact) mass is 436 g/mol. The number of carbonyl (C=O) groups is 3. The normalized spacial score (nSPS) is 10.5. The number of carbonyl (C=O) groups excluding carboxylic acids is 3. The van der Waals surface area contributed by atoms with Crippen molar-refractivity contribution >= 4 is 34.3 Å². The van der Waals surface area contributed by atoms with Gasteiger partial charge >= 0.3 is 11.9 Å². The number of nitro groups is 1. The SMILES string of the molecule is COC(=O)c1nc2ccc([N+](=O)[O-])cc2c(=O)c(C(=O)c2ccc(C)cc2)c1C(=O)OC. The predicted molar refractivity (Wildman–Crippen MR) is 112 cm³/mol. The lowest BCUT2D eigenvalue weighted by Gasteiger charge is -2.07. The van der Waals surface area contributed by atoms with E-state index in [1.54, 1.807) is 19.1 Å². The number of nitro benzene ring substituents is 1. The molecule has 0 unspecified atom stereocenters. The first-order valence-corrected chi connectivity index (χ1v) is 9.14. The van der Waals surface area contributed by atoms with Crippen molar-refractivity contribution in [1.29, 1.82) is 0 Å². The maximum Gasteiger partial charge on any atom is 0.357 e. The molecular weight excluding hydrogens is 420 g/mol. The molecule has 0 aliphatic heterocycles. The second kappa shape index (κ2) is 8.72. The Bertz CT molecular complexity index is 1350. The van der Waals surface area contributed by atoms with Gasteiger partial charge in [-0.15, -0.1) is 0 Å². The number of ketones is 1. The van der Waals surface area contributed by atoms with Crippen molar-refractivity contribution < 1.29 is 28.8 Å². The fourth-order valence-corrected chi connectivity index (χ4v) is 3.07. The topological polar surface area (TPSA) is 143 Å². The molecular formula is C22H16N2O8. The number of nitrogens with zero attached hydrogens (tertiary/aromatic N) is 2. The molecule has 2 aromatic carbocycles. The minimum absolute atomic E-state index is 0.0541. The van der Waals surface area contributed by atoms with Crippen LogP contribution < -0.4 is 5.43 Å². The van der Waals surface area contributed by atoms with Gasteiger partial charge < -0.3 is 9.47 Å². The van der Waals surface area contributed by atoms with Crippen molar-refractivity contribution in [2.45, 2.75) is 6.92 Å². The van der Waals surface area contributed by atoms with Crippen LogP contribution in [-0.2, 0) is 9.47 Å². The molecule has 3 aromatic rings. The van der Waals surface area contributed by atoms with Crippen molar-refractivity contribution in [2.75, 3.05) is 14.2 Å². The summed E-state index contributed by atoms with van der Waals surface area (Å²) in [5.41, 5.74) is -2.72. The molecule has 162 valence electrons. The van der Waals surface area contributed by atoms with Gasteiger partial charge in [-0.05, 0) is 13.0 Å². The van der Waals surface area contributed by atoms with Crippen LogP contribution in [0.15, 0.2) is 47.3 Å². The third-order valence-electron chi connectivity index (χ3n) is 4.69. The summed E-state index contributed by atoms with van der Waals surface area (Å²) in [5.74, 6) is -3.15. The van der Waals surface area contributed by atoms with Gasteiger partial charge in [0, 0.05) is 17.7 Å². The van der Waals surface area contributed by atoms with Crippen molar-refractivity contribution in [3.05, 3.63) is 90.7 Å². The van der Waals surface area contributed by atoms with E-state index in [2.05, 4.69) is 9.72 Å². The van der Waals surface area contributed by atoms with E-state index in [0.29, 0.717) is 0 Å². The molecule has 0 saturated carbocycles. The first-order valence-electron chi connectivity index (χ1n) is 9.14. The maximum absolute atomic E-state index is 13.4. The minimum Gasteiger partial charge on any atom is -0.465 e. The van der Waals surface area contributed by atoms with Crippen LogP contribution in [-0.4, -0.2) is 41.8 Å². The summed E-state index contributed by atoms with van der Waals surface area (Å²) in [6, 6.07) is 9.29. The molecule has 0 atom stereocenters. The Morgan fingerprint density at radius 2 is 1.56 bits per heavy atom. The van der Waals surface area contributed by atoms with E-state index in [1.807, 2.05) is 0 Å². The number of aryl methyl sites for hydroxylation is 1. The predicted octanol–water partition coefficient (Wildman–Crippen LogP) is 2.62. The fourth-order valence-electron chi connectivity index (χ4n) is 3.07. The van der Waals surface area contributed by atoms with Gasteiger partial charge in [0.25, 0.3) is 5.69 Å². The molecule has 0 amide bonds. The summed E-state index contributed by atoms with van der Waals surface area (Å²) < 4.78 is 9.41. The molecule has 0 aliphatic carbocycles. The van der Waals surface area contributed by atoms with Gasteiger partial charge in [-0.25, -0.2) is 14.6 Å². The number of hydrogen-bond acceptors (Lipinski definition) is 9. The number of fused-ring (bicyclic) bond motifs is 1. The molecule has 10 nitrogen and oxygen atoms in total. The van der Waals surface area contributed by atoms with E-state index >= 15 is 0 Å². The van der Waals surface area contributed by atoms with E-state index in [1.165, 1.54) is 12.1 Å². The number of esters is 2. The van der Waals surface area contributed by atoms with Crippen LogP contribution in [0, 0.1) is 17.0 Å². The van der Waals surface area contributed by atoms with Gasteiger partial charge in [0.05, 0.1) is 35.6 Å². The minimum atomic E-state index is -1.17. The van der Waals surface area contributed by atoms with Gasteiger partial charge in [0.15, 0.2) is 16.9 Å². The van der Waals surface area contributed by atoms with Crippen LogP contribution >= 0.6 is 0 Å². The quantitative estimate of drug-likeness (QED) is 0.255. The van der Waals surface area contributed by atoms with E-state index in [4.69, 9.17) is 4.74 Å². The summed E-state index contributed by atoms with van der Waals surface area (Å²) >= 11 is 0. The number of ether oxygens (including phenoxy) is 2. The molecule has 32 heavy (non-hydrogen) atoms. The number of hydrogen-bond donors (Lipinski definition) is 0. The number of benzene rings is 2. The van der Waals surface area contributed by atoms with Gasteiger partial charge in [-0.3, -0.25) is 19.7 Å². The zero-order chi connectivity index (χ0) is 23.6. The molecule has 0 radical (unpaired) electrons. The summed E-state index contributed by atoms with van der Waals surface area (Å²) in [6.45, 7) is 1.79. The van der Waals surface area contributed by atoms with Crippen LogP contribution in [0.2, 0.25) is 0 Å². The number of non-ortho nitro benzene ring substituents is 1. The maximum atomic E-state index is 13.4. The number of methoxy groups -OCH3 is 2. The molecule has 0 aliphatic rings. The molecule has 1 heterocycles. The summed E-state index contributed by atoms with van der Waals surface area (Å²) in [5, 5.41) is 10.9. The van der Waals surface area contributed by atoms with Crippen LogP contribution in [0.5, 0.6) is 0 Å². The summed E-state index contributed by atoms with van der Waals surface area (Å²) in [4.78, 5) is 66.4. The Kier molecular flexibility index (Phi) is 6.06. The van der Waals surface area contributed by atoms with Crippen LogP contribution in [0.25, 0.3) is 10.9 Å². The largest absolute Gasteiger partial charge is 0.465 e. The van der Waals surface area contributed by atoms with Crippen molar-refractivity contribution in [3.63, 3.8) is 0 Å². The average molecular weight is 436 g/mol. The summed E-state index contributed by atoms with van der Waals surface area (Å²) in [6.07, 6.45) is 0. The molecule has 0 fully saturated rings.